The van der Waals surface area contributed by atoms with Crippen LogP contribution >= 0.6 is 0 Å². The number of alkyl halides is 3. The summed E-state index contributed by atoms with van der Waals surface area (Å²) in [7, 11) is 0. The van der Waals surface area contributed by atoms with Gasteiger partial charge >= 0.3 is 12.1 Å². The molecule has 2 aromatic heterocycles. The van der Waals surface area contributed by atoms with E-state index in [0.717, 1.165) is 6.07 Å². The molecule has 0 N–H and O–H groups in total. The van der Waals surface area contributed by atoms with Crippen molar-refractivity contribution in [2.45, 2.75) is 20.0 Å². The van der Waals surface area contributed by atoms with E-state index in [1.807, 2.05) is 0 Å². The van der Waals surface area contributed by atoms with Crippen molar-refractivity contribution in [2.75, 3.05) is 6.61 Å². The Bertz CT molecular complexity index is 648. The molecule has 0 spiro atoms. The number of halogens is 3. The molecule has 0 unspecified atom stereocenters. The molecule has 7 heteroatoms. The normalized spacial score (nSPS) is 11.5. The average molecular weight is 299 g/mol. The van der Waals surface area contributed by atoms with Gasteiger partial charge in [0.25, 0.3) is 0 Å². The van der Waals surface area contributed by atoms with Gasteiger partial charge in [0.2, 0.25) is 0 Å². The Labute approximate surface area is 118 Å². The van der Waals surface area contributed by atoms with E-state index >= 15 is 0 Å². The molecular weight excluding hydrogens is 287 g/mol. The molecule has 0 aromatic carbocycles. The van der Waals surface area contributed by atoms with E-state index < -0.39 is 23.3 Å². The lowest BCUT2D eigenvalue weighted by Gasteiger charge is -2.15. The van der Waals surface area contributed by atoms with Crippen LogP contribution in [0.5, 0.6) is 0 Å². The molecule has 0 aliphatic carbocycles. The molecule has 0 saturated carbocycles. The van der Waals surface area contributed by atoms with Crippen molar-refractivity contribution in [3.8, 4) is 11.5 Å². The number of aromatic nitrogens is 1. The van der Waals surface area contributed by atoms with Crippen LogP contribution in [-0.2, 0) is 10.9 Å². The lowest BCUT2D eigenvalue weighted by Crippen LogP contribution is -2.18. The maximum Gasteiger partial charge on any atom is 0.417 e. The fourth-order valence-corrected chi connectivity index (χ4v) is 1.91. The number of carbonyl (C=O) groups is 1. The minimum atomic E-state index is -4.70. The first-order valence-corrected chi connectivity index (χ1v) is 6.14. The molecule has 0 saturated heterocycles. The van der Waals surface area contributed by atoms with Crippen molar-refractivity contribution < 1.29 is 27.1 Å². The highest BCUT2D eigenvalue weighted by molar-refractivity contribution is 5.93. The summed E-state index contributed by atoms with van der Waals surface area (Å²) in [4.78, 5) is 15.7. The highest BCUT2D eigenvalue weighted by Crippen LogP contribution is 2.35. The van der Waals surface area contributed by atoms with Gasteiger partial charge in [0, 0.05) is 0 Å². The zero-order valence-electron chi connectivity index (χ0n) is 11.3. The zero-order valence-corrected chi connectivity index (χ0v) is 11.3. The second-order valence-corrected chi connectivity index (χ2v) is 4.21. The first-order valence-electron chi connectivity index (χ1n) is 6.14. The standard InChI is InChI=1S/C14H12F3NO3/c1-3-20-13(19)12-8(2)18-10(11-5-4-6-21-11)7-9(12)14(15,16)17/h4-7H,3H2,1-2H3. The fraction of sp³-hybridized carbons (Fsp3) is 0.286. The van der Waals surface area contributed by atoms with E-state index in [4.69, 9.17) is 4.42 Å². The van der Waals surface area contributed by atoms with Gasteiger partial charge in [-0.25, -0.2) is 9.78 Å². The number of furan rings is 1. The molecule has 2 rings (SSSR count). The number of pyridine rings is 1. The van der Waals surface area contributed by atoms with Gasteiger partial charge in [0.15, 0.2) is 5.76 Å². The summed E-state index contributed by atoms with van der Waals surface area (Å²) in [5.41, 5.74) is -1.70. The highest BCUT2D eigenvalue weighted by atomic mass is 19.4. The monoisotopic (exact) mass is 299 g/mol. The Morgan fingerprint density at radius 3 is 2.67 bits per heavy atom. The number of ether oxygens (including phenoxy) is 1. The summed E-state index contributed by atoms with van der Waals surface area (Å²) < 4.78 is 49.3. The van der Waals surface area contributed by atoms with Gasteiger partial charge in [-0.05, 0) is 32.0 Å². The van der Waals surface area contributed by atoms with Gasteiger partial charge in [-0.3, -0.25) is 0 Å². The third kappa shape index (κ3) is 3.07. The van der Waals surface area contributed by atoms with Gasteiger partial charge in [-0.1, -0.05) is 0 Å². The van der Waals surface area contributed by atoms with Gasteiger partial charge in [0.1, 0.15) is 5.69 Å². The van der Waals surface area contributed by atoms with Crippen LogP contribution in [0, 0.1) is 6.92 Å². The van der Waals surface area contributed by atoms with E-state index in [1.165, 1.54) is 26.2 Å². The molecule has 0 fully saturated rings. The number of aryl methyl sites for hydroxylation is 1. The Hall–Kier alpha value is -2.31. The second-order valence-electron chi connectivity index (χ2n) is 4.21. The van der Waals surface area contributed by atoms with Gasteiger partial charge in [-0.15, -0.1) is 0 Å². The van der Waals surface area contributed by atoms with Crippen molar-refractivity contribution in [1.29, 1.82) is 0 Å². The first kappa shape index (κ1) is 15.1. The number of esters is 1. The van der Waals surface area contributed by atoms with Crippen molar-refractivity contribution >= 4 is 5.97 Å². The van der Waals surface area contributed by atoms with Crippen LogP contribution in [0.2, 0.25) is 0 Å². The van der Waals surface area contributed by atoms with Gasteiger partial charge in [0.05, 0.1) is 29.7 Å². The number of nitrogens with zero attached hydrogens (tertiary/aromatic N) is 1. The van der Waals surface area contributed by atoms with Crippen molar-refractivity contribution in [3.05, 3.63) is 41.3 Å². The fourth-order valence-electron chi connectivity index (χ4n) is 1.91. The second kappa shape index (κ2) is 5.59. The molecule has 0 radical (unpaired) electrons. The summed E-state index contributed by atoms with van der Waals surface area (Å²) in [6.45, 7) is 2.83. The molecule has 0 atom stereocenters. The average Bonchev–Trinajstić information content (AvgIpc) is 2.90. The Morgan fingerprint density at radius 2 is 2.14 bits per heavy atom. The molecule has 21 heavy (non-hydrogen) atoms. The van der Waals surface area contributed by atoms with Crippen LogP contribution in [0.25, 0.3) is 11.5 Å². The first-order chi connectivity index (χ1) is 9.84. The van der Waals surface area contributed by atoms with Gasteiger partial charge < -0.3 is 9.15 Å². The third-order valence-electron chi connectivity index (χ3n) is 2.76. The molecule has 0 aliphatic heterocycles. The van der Waals surface area contributed by atoms with E-state index in [-0.39, 0.29) is 23.8 Å². The summed E-state index contributed by atoms with van der Waals surface area (Å²) >= 11 is 0. The topological polar surface area (TPSA) is 52.3 Å². The largest absolute Gasteiger partial charge is 0.463 e. The maximum absolute atomic E-state index is 13.2. The van der Waals surface area contributed by atoms with Crippen LogP contribution in [0.1, 0.15) is 28.5 Å². The lowest BCUT2D eigenvalue weighted by atomic mass is 10.0. The van der Waals surface area contributed by atoms with E-state index in [2.05, 4.69) is 9.72 Å². The van der Waals surface area contributed by atoms with Crippen molar-refractivity contribution in [1.82, 2.24) is 4.98 Å². The van der Waals surface area contributed by atoms with Crippen molar-refractivity contribution in [3.63, 3.8) is 0 Å². The Balaban J connectivity index is 2.63. The number of hydrogen-bond acceptors (Lipinski definition) is 4. The molecule has 4 nitrogen and oxygen atoms in total. The van der Waals surface area contributed by atoms with Crippen LogP contribution in [-0.4, -0.2) is 17.6 Å². The molecule has 0 bridgehead atoms. The minimum Gasteiger partial charge on any atom is -0.463 e. The maximum atomic E-state index is 13.2. The predicted molar refractivity (Wildman–Crippen MR) is 67.6 cm³/mol. The summed E-state index contributed by atoms with van der Waals surface area (Å²) in [6.07, 6.45) is -3.37. The summed E-state index contributed by atoms with van der Waals surface area (Å²) in [6, 6.07) is 3.82. The third-order valence-corrected chi connectivity index (χ3v) is 2.76. The molecule has 0 aliphatic rings. The quantitative estimate of drug-likeness (QED) is 0.808. The predicted octanol–water partition coefficient (Wildman–Crippen LogP) is 3.85. The van der Waals surface area contributed by atoms with Crippen LogP contribution < -0.4 is 0 Å². The lowest BCUT2D eigenvalue weighted by molar-refractivity contribution is -0.138. The van der Waals surface area contributed by atoms with E-state index in [1.54, 1.807) is 6.07 Å². The summed E-state index contributed by atoms with van der Waals surface area (Å²) in [5, 5.41) is 0. The molecule has 2 heterocycles. The Morgan fingerprint density at radius 1 is 1.43 bits per heavy atom. The number of rotatable bonds is 3. The molecule has 2 aromatic rings. The number of carbonyl (C=O) groups excluding carboxylic acids is 1. The zero-order chi connectivity index (χ0) is 15.6. The van der Waals surface area contributed by atoms with E-state index in [9.17, 15) is 18.0 Å². The Kier molecular flexibility index (Phi) is 4.02. The van der Waals surface area contributed by atoms with Gasteiger partial charge in [-0.2, -0.15) is 13.2 Å². The SMILES string of the molecule is CCOC(=O)c1c(C(F)(F)F)cc(-c2ccco2)nc1C. The van der Waals surface area contributed by atoms with Crippen LogP contribution in [0.15, 0.2) is 28.9 Å². The minimum absolute atomic E-state index is 0.0119. The van der Waals surface area contributed by atoms with Crippen LogP contribution in [0.3, 0.4) is 0 Å². The highest BCUT2D eigenvalue weighted by Gasteiger charge is 2.38. The number of hydrogen-bond donors (Lipinski definition) is 0. The molecular formula is C14H12F3NO3. The van der Waals surface area contributed by atoms with E-state index in [0.29, 0.717) is 0 Å². The molecule has 0 amide bonds. The molecule has 112 valence electrons. The summed E-state index contributed by atoms with van der Waals surface area (Å²) in [5.74, 6) is -0.847. The van der Waals surface area contributed by atoms with Crippen LogP contribution in [0.4, 0.5) is 13.2 Å². The smallest absolute Gasteiger partial charge is 0.417 e. The van der Waals surface area contributed by atoms with Crippen molar-refractivity contribution in [2.24, 2.45) is 0 Å².